The summed E-state index contributed by atoms with van der Waals surface area (Å²) in [6, 6.07) is 4.06. The fourth-order valence-corrected chi connectivity index (χ4v) is 3.98. The Balaban J connectivity index is 2.14. The fourth-order valence-electron chi connectivity index (χ4n) is 2.19. The van der Waals surface area contributed by atoms with E-state index in [1.54, 1.807) is 0 Å². The Morgan fingerprint density at radius 1 is 1.39 bits per heavy atom. The number of benzene rings is 1. The molecule has 0 radical (unpaired) electrons. The Labute approximate surface area is 139 Å². The zero-order valence-corrected chi connectivity index (χ0v) is 14.1. The molecule has 1 heterocycles. The topological polar surface area (TPSA) is 93.1 Å². The first kappa shape index (κ1) is 18.0. The molecule has 0 atom stereocenters. The molecule has 0 bridgehead atoms. The van der Waals surface area contributed by atoms with Gasteiger partial charge in [-0.05, 0) is 31.0 Å². The SMILES string of the molecule is COC(=O)COc1ccc(S(=O)(=O)N2CCC(O)CC2)cc1Cl. The van der Waals surface area contributed by atoms with Gasteiger partial charge >= 0.3 is 5.97 Å². The number of piperidine rings is 1. The number of hydrogen-bond acceptors (Lipinski definition) is 6. The van der Waals surface area contributed by atoms with Gasteiger partial charge in [-0.15, -0.1) is 0 Å². The Bertz CT molecular complexity index is 670. The minimum atomic E-state index is -3.67. The largest absolute Gasteiger partial charge is 0.480 e. The second kappa shape index (κ2) is 7.48. The first-order valence-electron chi connectivity index (χ1n) is 7.02. The summed E-state index contributed by atoms with van der Waals surface area (Å²) in [6.45, 7) is 0.218. The fraction of sp³-hybridized carbons (Fsp3) is 0.500. The predicted octanol–water partition coefficient (Wildman–Crippen LogP) is 1.04. The van der Waals surface area contributed by atoms with E-state index in [0.29, 0.717) is 12.8 Å². The van der Waals surface area contributed by atoms with Gasteiger partial charge in [-0.25, -0.2) is 13.2 Å². The summed E-state index contributed by atoms with van der Waals surface area (Å²) < 4.78 is 36.0. The number of halogens is 1. The second-order valence-electron chi connectivity index (χ2n) is 5.09. The van der Waals surface area contributed by atoms with E-state index in [4.69, 9.17) is 16.3 Å². The maximum atomic E-state index is 12.5. The third-order valence-electron chi connectivity index (χ3n) is 3.54. The van der Waals surface area contributed by atoms with Crippen LogP contribution in [0, 0.1) is 0 Å². The highest BCUT2D eigenvalue weighted by molar-refractivity contribution is 7.89. The number of sulfonamides is 1. The summed E-state index contributed by atoms with van der Waals surface area (Å²) in [5.41, 5.74) is 0. The molecule has 9 heteroatoms. The number of methoxy groups -OCH3 is 1. The standard InChI is InChI=1S/C14H18ClNO6S/c1-21-14(18)9-22-13-3-2-11(8-12(13)15)23(19,20)16-6-4-10(17)5-7-16/h2-3,8,10,17H,4-7,9H2,1H3. The summed E-state index contributed by atoms with van der Waals surface area (Å²) in [7, 11) is -2.44. The number of aliphatic hydroxyl groups excluding tert-OH is 1. The van der Waals surface area contributed by atoms with Gasteiger partial charge in [0.2, 0.25) is 10.0 Å². The molecule has 2 rings (SSSR count). The average Bonchev–Trinajstić information content (AvgIpc) is 2.53. The van der Waals surface area contributed by atoms with Gasteiger partial charge in [0.25, 0.3) is 0 Å². The lowest BCUT2D eigenvalue weighted by Gasteiger charge is -2.28. The molecule has 1 aromatic carbocycles. The van der Waals surface area contributed by atoms with E-state index in [2.05, 4.69) is 4.74 Å². The van der Waals surface area contributed by atoms with E-state index in [9.17, 15) is 18.3 Å². The van der Waals surface area contributed by atoms with Crippen LogP contribution in [0.25, 0.3) is 0 Å². The van der Waals surface area contributed by atoms with Crippen molar-refractivity contribution in [3.63, 3.8) is 0 Å². The molecule has 1 fully saturated rings. The molecule has 1 aliphatic heterocycles. The van der Waals surface area contributed by atoms with Gasteiger partial charge in [-0.2, -0.15) is 4.31 Å². The van der Waals surface area contributed by atoms with Gasteiger partial charge in [0.1, 0.15) is 5.75 Å². The molecule has 1 saturated heterocycles. The summed E-state index contributed by atoms with van der Waals surface area (Å²) in [5, 5.41) is 9.56. The van der Waals surface area contributed by atoms with Crippen molar-refractivity contribution in [2.45, 2.75) is 23.8 Å². The highest BCUT2D eigenvalue weighted by Gasteiger charge is 2.29. The van der Waals surface area contributed by atoms with Crippen molar-refractivity contribution in [1.29, 1.82) is 0 Å². The van der Waals surface area contributed by atoms with Crippen LogP contribution in [0.15, 0.2) is 23.1 Å². The van der Waals surface area contributed by atoms with Crippen molar-refractivity contribution in [1.82, 2.24) is 4.31 Å². The number of nitrogens with zero attached hydrogens (tertiary/aromatic N) is 1. The Morgan fingerprint density at radius 2 is 2.04 bits per heavy atom. The predicted molar refractivity (Wildman–Crippen MR) is 83.0 cm³/mol. The summed E-state index contributed by atoms with van der Waals surface area (Å²) in [5.74, 6) is -0.366. The molecule has 1 N–H and O–H groups in total. The molecule has 0 aliphatic carbocycles. The van der Waals surface area contributed by atoms with Crippen molar-refractivity contribution >= 4 is 27.6 Å². The number of esters is 1. The lowest BCUT2D eigenvalue weighted by molar-refractivity contribution is -0.142. The first-order valence-corrected chi connectivity index (χ1v) is 8.84. The van der Waals surface area contributed by atoms with E-state index < -0.39 is 22.1 Å². The van der Waals surface area contributed by atoms with Gasteiger partial charge < -0.3 is 14.6 Å². The minimum Gasteiger partial charge on any atom is -0.480 e. The van der Waals surface area contributed by atoms with Crippen LogP contribution in [0.1, 0.15) is 12.8 Å². The van der Waals surface area contributed by atoms with Crippen LogP contribution >= 0.6 is 11.6 Å². The van der Waals surface area contributed by atoms with Crippen LogP contribution in [0.2, 0.25) is 5.02 Å². The molecule has 1 aliphatic rings. The Hall–Kier alpha value is -1.35. The number of ether oxygens (including phenoxy) is 2. The molecular weight excluding hydrogens is 346 g/mol. The number of carbonyl (C=O) groups is 1. The molecule has 0 spiro atoms. The summed E-state index contributed by atoms with van der Waals surface area (Å²) in [4.78, 5) is 11.1. The normalized spacial score (nSPS) is 17.0. The third kappa shape index (κ3) is 4.35. The number of rotatable bonds is 5. The van der Waals surface area contributed by atoms with Crippen LogP contribution in [0.5, 0.6) is 5.75 Å². The number of carbonyl (C=O) groups excluding carboxylic acids is 1. The van der Waals surface area contributed by atoms with Gasteiger partial charge in [0.15, 0.2) is 6.61 Å². The van der Waals surface area contributed by atoms with Crippen molar-refractivity contribution in [2.24, 2.45) is 0 Å². The van der Waals surface area contributed by atoms with Gasteiger partial charge in [0, 0.05) is 13.1 Å². The lowest BCUT2D eigenvalue weighted by Crippen LogP contribution is -2.39. The monoisotopic (exact) mass is 363 g/mol. The molecule has 128 valence electrons. The Morgan fingerprint density at radius 3 is 2.61 bits per heavy atom. The summed E-state index contributed by atoms with van der Waals surface area (Å²) in [6.07, 6.45) is 0.361. The van der Waals surface area contributed by atoms with E-state index in [0.717, 1.165) is 0 Å². The molecule has 0 aromatic heterocycles. The van der Waals surface area contributed by atoms with Crippen LogP contribution in [-0.4, -0.2) is 56.7 Å². The molecule has 23 heavy (non-hydrogen) atoms. The minimum absolute atomic E-state index is 0.0457. The highest BCUT2D eigenvalue weighted by atomic mass is 35.5. The van der Waals surface area contributed by atoms with Crippen LogP contribution in [0.4, 0.5) is 0 Å². The lowest BCUT2D eigenvalue weighted by atomic mass is 10.1. The Kier molecular flexibility index (Phi) is 5.85. The van der Waals surface area contributed by atoms with Crippen molar-refractivity contribution in [3.05, 3.63) is 23.2 Å². The average molecular weight is 364 g/mol. The van der Waals surface area contributed by atoms with E-state index in [1.807, 2.05) is 0 Å². The van der Waals surface area contributed by atoms with Gasteiger partial charge in [-0.3, -0.25) is 0 Å². The van der Waals surface area contributed by atoms with Gasteiger partial charge in [-0.1, -0.05) is 11.6 Å². The maximum absolute atomic E-state index is 12.5. The summed E-state index contributed by atoms with van der Waals surface area (Å²) >= 11 is 6.02. The van der Waals surface area contributed by atoms with Crippen molar-refractivity contribution in [3.8, 4) is 5.75 Å². The van der Waals surface area contributed by atoms with Crippen molar-refractivity contribution in [2.75, 3.05) is 26.8 Å². The smallest absolute Gasteiger partial charge is 0.343 e. The molecule has 0 amide bonds. The first-order chi connectivity index (χ1) is 10.8. The van der Waals surface area contributed by atoms with Crippen molar-refractivity contribution < 1.29 is 27.8 Å². The zero-order valence-electron chi connectivity index (χ0n) is 12.6. The maximum Gasteiger partial charge on any atom is 0.343 e. The zero-order chi connectivity index (χ0) is 17.0. The molecular formula is C14H18ClNO6S. The highest BCUT2D eigenvalue weighted by Crippen LogP contribution is 2.29. The van der Waals surface area contributed by atoms with E-state index >= 15 is 0 Å². The second-order valence-corrected chi connectivity index (χ2v) is 7.44. The molecule has 1 aromatic rings. The molecule has 0 saturated carbocycles. The van der Waals surface area contributed by atoms with Crippen LogP contribution < -0.4 is 4.74 Å². The molecule has 0 unspecified atom stereocenters. The van der Waals surface area contributed by atoms with E-state index in [1.165, 1.54) is 29.6 Å². The van der Waals surface area contributed by atoms with E-state index in [-0.39, 0.29) is 35.4 Å². The molecule has 7 nitrogen and oxygen atoms in total. The van der Waals surface area contributed by atoms with Crippen LogP contribution in [-0.2, 0) is 19.6 Å². The van der Waals surface area contributed by atoms with Crippen LogP contribution in [0.3, 0.4) is 0 Å². The number of aliphatic hydroxyl groups is 1. The third-order valence-corrected chi connectivity index (χ3v) is 5.73. The quantitative estimate of drug-likeness (QED) is 0.785. The van der Waals surface area contributed by atoms with Gasteiger partial charge in [0.05, 0.1) is 23.1 Å². The number of hydrogen-bond donors (Lipinski definition) is 1.